The number of likely N-dealkylation sites (tertiary alicyclic amines) is 1. The van der Waals surface area contributed by atoms with Gasteiger partial charge in [0.05, 0.1) is 24.0 Å². The predicted octanol–water partition coefficient (Wildman–Crippen LogP) is 4.53. The molecule has 1 aliphatic rings. The van der Waals surface area contributed by atoms with Crippen LogP contribution in [0.1, 0.15) is 11.1 Å². The van der Waals surface area contributed by atoms with Gasteiger partial charge in [-0.3, -0.25) is 9.59 Å². The van der Waals surface area contributed by atoms with Crippen LogP contribution in [0.25, 0.3) is 21.2 Å². The SMILES string of the molecule is Cc1ccc(-c2csc3ccn(CC(=O)N4CC(F)(F)C4)c(=O)c23)cc1C(F)(F)F. The average molecular weight is 442 g/mol. The third-order valence-electron chi connectivity index (χ3n) is 5.06. The molecule has 4 rings (SSSR count). The number of pyridine rings is 1. The van der Waals surface area contributed by atoms with E-state index in [9.17, 15) is 31.5 Å². The maximum atomic E-state index is 13.3. The van der Waals surface area contributed by atoms with Crippen LogP contribution in [0.5, 0.6) is 0 Å². The number of carbonyl (C=O) groups is 1. The lowest BCUT2D eigenvalue weighted by atomic mass is 9.99. The van der Waals surface area contributed by atoms with Gasteiger partial charge in [0, 0.05) is 21.8 Å². The number of hydrogen-bond donors (Lipinski definition) is 0. The number of rotatable bonds is 3. The van der Waals surface area contributed by atoms with Crippen molar-refractivity contribution in [3.8, 4) is 11.1 Å². The normalized spacial score (nSPS) is 16.0. The summed E-state index contributed by atoms with van der Waals surface area (Å²) >= 11 is 1.20. The first kappa shape index (κ1) is 20.5. The lowest BCUT2D eigenvalue weighted by Crippen LogP contribution is -2.59. The van der Waals surface area contributed by atoms with Gasteiger partial charge in [0.2, 0.25) is 5.91 Å². The van der Waals surface area contributed by atoms with E-state index in [2.05, 4.69) is 0 Å². The minimum atomic E-state index is -4.53. The van der Waals surface area contributed by atoms with Crippen molar-refractivity contribution in [1.82, 2.24) is 9.47 Å². The Morgan fingerprint density at radius 2 is 1.90 bits per heavy atom. The molecule has 3 heterocycles. The van der Waals surface area contributed by atoms with E-state index in [-0.39, 0.29) is 16.5 Å². The number of thiophene rings is 1. The second kappa shape index (κ2) is 6.90. The molecule has 1 saturated heterocycles. The highest BCUT2D eigenvalue weighted by Crippen LogP contribution is 2.37. The van der Waals surface area contributed by atoms with E-state index in [0.717, 1.165) is 15.5 Å². The van der Waals surface area contributed by atoms with Crippen molar-refractivity contribution in [3.63, 3.8) is 0 Å². The number of hydrogen-bond acceptors (Lipinski definition) is 3. The Bertz CT molecular complexity index is 1200. The molecule has 0 aliphatic carbocycles. The molecule has 2 aromatic heterocycles. The first-order valence-corrected chi connectivity index (χ1v) is 9.79. The fourth-order valence-corrected chi connectivity index (χ4v) is 4.40. The molecule has 10 heteroatoms. The van der Waals surface area contributed by atoms with Gasteiger partial charge in [0.15, 0.2) is 0 Å². The molecule has 1 fully saturated rings. The van der Waals surface area contributed by atoms with Crippen LogP contribution < -0.4 is 5.56 Å². The highest BCUT2D eigenvalue weighted by Gasteiger charge is 2.46. The quantitative estimate of drug-likeness (QED) is 0.560. The Labute approximate surface area is 171 Å². The Hall–Kier alpha value is -2.75. The van der Waals surface area contributed by atoms with Gasteiger partial charge in [-0.25, -0.2) is 8.78 Å². The van der Waals surface area contributed by atoms with Crippen molar-refractivity contribution in [2.75, 3.05) is 13.1 Å². The number of aryl methyl sites for hydroxylation is 1. The standard InChI is InChI=1S/C20H15F5N2O2S/c1-11-2-3-12(6-14(11)20(23,24)25)13-8-30-15-4-5-26(18(29)17(13)15)7-16(28)27-9-19(21,22)10-27/h2-6,8H,7,9-10H2,1H3. The van der Waals surface area contributed by atoms with Crippen LogP contribution in [0.2, 0.25) is 0 Å². The number of nitrogens with zero attached hydrogens (tertiary/aromatic N) is 2. The van der Waals surface area contributed by atoms with E-state index < -0.39 is 48.8 Å². The van der Waals surface area contributed by atoms with Crippen LogP contribution in [-0.2, 0) is 17.5 Å². The summed E-state index contributed by atoms with van der Waals surface area (Å²) in [6.45, 7) is -0.426. The second-order valence-corrected chi connectivity index (χ2v) is 8.18. The van der Waals surface area contributed by atoms with Crippen molar-refractivity contribution < 1.29 is 26.7 Å². The molecule has 3 aromatic rings. The second-order valence-electron chi connectivity index (χ2n) is 7.27. The minimum Gasteiger partial charge on any atom is -0.329 e. The fourth-order valence-electron chi connectivity index (χ4n) is 3.45. The zero-order valence-corrected chi connectivity index (χ0v) is 16.4. The molecular formula is C20H15F5N2O2S. The van der Waals surface area contributed by atoms with Crippen LogP contribution in [-0.4, -0.2) is 34.4 Å². The van der Waals surface area contributed by atoms with Gasteiger partial charge in [-0.1, -0.05) is 12.1 Å². The summed E-state index contributed by atoms with van der Waals surface area (Å²) in [6, 6.07) is 5.44. The summed E-state index contributed by atoms with van der Waals surface area (Å²) in [6.07, 6.45) is -3.14. The fraction of sp³-hybridized carbons (Fsp3) is 0.300. The van der Waals surface area contributed by atoms with Gasteiger partial charge in [0.1, 0.15) is 6.54 Å². The van der Waals surface area contributed by atoms with E-state index in [1.165, 1.54) is 36.6 Å². The first-order valence-electron chi connectivity index (χ1n) is 8.91. The van der Waals surface area contributed by atoms with Gasteiger partial charge >= 0.3 is 6.18 Å². The number of benzene rings is 1. The number of halogens is 5. The zero-order valence-electron chi connectivity index (χ0n) is 15.6. The number of fused-ring (bicyclic) bond motifs is 1. The van der Waals surface area contributed by atoms with Crippen LogP contribution in [0.4, 0.5) is 22.0 Å². The molecule has 1 aliphatic heterocycles. The van der Waals surface area contributed by atoms with Gasteiger partial charge in [-0.05, 0) is 30.2 Å². The average Bonchev–Trinajstić information content (AvgIpc) is 3.06. The first-order chi connectivity index (χ1) is 14.0. The number of carbonyl (C=O) groups excluding carboxylic acids is 1. The molecule has 0 saturated carbocycles. The molecule has 0 N–H and O–H groups in total. The van der Waals surface area contributed by atoms with E-state index in [4.69, 9.17) is 0 Å². The lowest BCUT2D eigenvalue weighted by molar-refractivity contribution is -0.166. The van der Waals surface area contributed by atoms with Crippen LogP contribution in [0, 0.1) is 6.92 Å². The van der Waals surface area contributed by atoms with Crippen molar-refractivity contribution in [2.45, 2.75) is 25.6 Å². The lowest BCUT2D eigenvalue weighted by Gasteiger charge is -2.38. The van der Waals surface area contributed by atoms with E-state index >= 15 is 0 Å². The van der Waals surface area contributed by atoms with Crippen LogP contribution in [0.15, 0.2) is 40.6 Å². The third-order valence-corrected chi connectivity index (χ3v) is 6.00. The van der Waals surface area contributed by atoms with Gasteiger partial charge < -0.3 is 9.47 Å². The van der Waals surface area contributed by atoms with Crippen molar-refractivity contribution >= 4 is 27.3 Å². The molecule has 0 atom stereocenters. The largest absolute Gasteiger partial charge is 0.416 e. The molecule has 4 nitrogen and oxygen atoms in total. The summed E-state index contributed by atoms with van der Waals surface area (Å²) in [7, 11) is 0. The third kappa shape index (κ3) is 3.60. The molecule has 0 spiro atoms. The van der Waals surface area contributed by atoms with Crippen molar-refractivity contribution in [2.24, 2.45) is 0 Å². The summed E-state index contributed by atoms with van der Waals surface area (Å²) in [4.78, 5) is 26.1. The summed E-state index contributed by atoms with van der Waals surface area (Å²) in [5.41, 5.74) is -0.700. The minimum absolute atomic E-state index is 0.0696. The molecule has 1 amide bonds. The molecule has 0 unspecified atom stereocenters. The van der Waals surface area contributed by atoms with Crippen molar-refractivity contribution in [1.29, 1.82) is 0 Å². The summed E-state index contributed by atoms with van der Waals surface area (Å²) < 4.78 is 67.5. The maximum Gasteiger partial charge on any atom is 0.416 e. The monoisotopic (exact) mass is 442 g/mol. The van der Waals surface area contributed by atoms with E-state index in [0.29, 0.717) is 10.3 Å². The zero-order chi connectivity index (χ0) is 21.8. The molecule has 1 aromatic carbocycles. The van der Waals surface area contributed by atoms with Crippen LogP contribution >= 0.6 is 11.3 Å². The van der Waals surface area contributed by atoms with Crippen LogP contribution in [0.3, 0.4) is 0 Å². The maximum absolute atomic E-state index is 13.3. The molecular weight excluding hydrogens is 427 g/mol. The van der Waals surface area contributed by atoms with Gasteiger partial charge in [-0.15, -0.1) is 11.3 Å². The number of amides is 1. The molecule has 158 valence electrons. The molecule has 30 heavy (non-hydrogen) atoms. The summed E-state index contributed by atoms with van der Waals surface area (Å²) in [5, 5.41) is 1.79. The van der Waals surface area contributed by atoms with Gasteiger partial charge in [-0.2, -0.15) is 13.2 Å². The van der Waals surface area contributed by atoms with Crippen molar-refractivity contribution in [3.05, 3.63) is 57.3 Å². The Kier molecular flexibility index (Phi) is 4.72. The summed E-state index contributed by atoms with van der Waals surface area (Å²) in [5.74, 6) is -3.53. The van der Waals surface area contributed by atoms with E-state index in [1.807, 2.05) is 0 Å². The van der Waals surface area contributed by atoms with E-state index in [1.54, 1.807) is 11.4 Å². The Balaban J connectivity index is 1.73. The number of aromatic nitrogens is 1. The topological polar surface area (TPSA) is 42.3 Å². The predicted molar refractivity (Wildman–Crippen MR) is 103 cm³/mol. The number of alkyl halides is 5. The highest BCUT2D eigenvalue weighted by molar-refractivity contribution is 7.17. The smallest absolute Gasteiger partial charge is 0.329 e. The molecule has 0 radical (unpaired) electrons. The highest BCUT2D eigenvalue weighted by atomic mass is 32.1. The Morgan fingerprint density at radius 1 is 1.20 bits per heavy atom. The molecule has 0 bridgehead atoms. The Morgan fingerprint density at radius 3 is 2.53 bits per heavy atom. The van der Waals surface area contributed by atoms with Gasteiger partial charge in [0.25, 0.3) is 11.5 Å².